The Morgan fingerprint density at radius 2 is 1.92 bits per heavy atom. The Balaban J connectivity index is 2.10. The molecule has 1 aliphatic heterocycles. The summed E-state index contributed by atoms with van der Waals surface area (Å²) in [6.07, 6.45) is -0.174. The summed E-state index contributed by atoms with van der Waals surface area (Å²) in [5, 5.41) is 8.99. The fourth-order valence-corrected chi connectivity index (χ4v) is 2.87. The molecule has 1 aliphatic rings. The molecule has 2 rings (SSSR count). The zero-order chi connectivity index (χ0) is 18.8. The third-order valence-corrected chi connectivity index (χ3v) is 4.58. The number of hydrogen-bond donors (Lipinski definition) is 1. The van der Waals surface area contributed by atoms with E-state index in [2.05, 4.69) is 13.8 Å². The van der Waals surface area contributed by atoms with Gasteiger partial charge in [0.25, 0.3) is 0 Å². The van der Waals surface area contributed by atoms with E-state index in [4.69, 9.17) is 9.84 Å². The van der Waals surface area contributed by atoms with Gasteiger partial charge in [0, 0.05) is 13.0 Å². The predicted molar refractivity (Wildman–Crippen MR) is 92.5 cm³/mol. The van der Waals surface area contributed by atoms with E-state index in [0.29, 0.717) is 12.5 Å². The number of rotatable bonds is 6. The summed E-state index contributed by atoms with van der Waals surface area (Å²) in [5.41, 5.74) is -2.44. The molecule has 1 fully saturated rings. The molecule has 1 saturated heterocycles. The van der Waals surface area contributed by atoms with Crippen molar-refractivity contribution in [3.63, 3.8) is 0 Å². The highest BCUT2D eigenvalue weighted by Crippen LogP contribution is 2.32. The van der Waals surface area contributed by atoms with E-state index >= 15 is 0 Å². The van der Waals surface area contributed by atoms with Gasteiger partial charge < -0.3 is 14.7 Å². The quantitative estimate of drug-likeness (QED) is 0.855. The van der Waals surface area contributed by atoms with Crippen molar-refractivity contribution in [2.75, 3.05) is 19.7 Å². The van der Waals surface area contributed by atoms with Gasteiger partial charge in [0.15, 0.2) is 0 Å². The number of hydrogen-bond acceptors (Lipinski definition) is 3. The number of benzene rings is 1. The molecule has 0 spiro atoms. The van der Waals surface area contributed by atoms with Gasteiger partial charge in [0.05, 0.1) is 18.6 Å². The first-order valence-corrected chi connectivity index (χ1v) is 8.51. The van der Waals surface area contributed by atoms with Crippen LogP contribution in [0.2, 0.25) is 0 Å². The summed E-state index contributed by atoms with van der Waals surface area (Å²) in [6, 6.07) is 7.27. The number of halogens is 1. The van der Waals surface area contributed by atoms with Gasteiger partial charge in [-0.2, -0.15) is 0 Å². The Morgan fingerprint density at radius 3 is 2.40 bits per heavy atom. The molecule has 138 valence electrons. The summed E-state index contributed by atoms with van der Waals surface area (Å²) >= 11 is 0. The van der Waals surface area contributed by atoms with Crippen LogP contribution in [0.25, 0.3) is 0 Å². The lowest BCUT2D eigenvalue weighted by Crippen LogP contribution is -2.45. The second-order valence-corrected chi connectivity index (χ2v) is 7.60. The number of carbonyl (C=O) groups is 2. The summed E-state index contributed by atoms with van der Waals surface area (Å²) in [7, 11) is 0. The summed E-state index contributed by atoms with van der Waals surface area (Å²) in [4.78, 5) is 25.1. The Morgan fingerprint density at radius 1 is 1.32 bits per heavy atom. The number of nitrogens with zero attached hydrogens (tertiary/aromatic N) is 1. The zero-order valence-electron chi connectivity index (χ0n) is 15.2. The molecular formula is C19H26FNO4. The van der Waals surface area contributed by atoms with E-state index in [0.717, 1.165) is 11.3 Å². The van der Waals surface area contributed by atoms with Crippen molar-refractivity contribution in [3.8, 4) is 5.75 Å². The van der Waals surface area contributed by atoms with Crippen LogP contribution in [0.15, 0.2) is 24.3 Å². The van der Waals surface area contributed by atoms with E-state index in [-0.39, 0.29) is 18.9 Å². The van der Waals surface area contributed by atoms with Crippen LogP contribution in [-0.4, -0.2) is 47.2 Å². The smallest absolute Gasteiger partial charge is 0.343 e. The molecule has 0 radical (unpaired) electrons. The molecule has 1 amide bonds. The molecule has 1 heterocycles. The second kappa shape index (κ2) is 7.02. The Labute approximate surface area is 147 Å². The lowest BCUT2D eigenvalue weighted by molar-refractivity contribution is -0.150. The molecule has 1 aromatic rings. The number of alkyl halides is 1. The van der Waals surface area contributed by atoms with Crippen LogP contribution in [-0.2, 0) is 15.0 Å². The molecule has 0 saturated carbocycles. The van der Waals surface area contributed by atoms with Crippen molar-refractivity contribution >= 4 is 11.9 Å². The van der Waals surface area contributed by atoms with Gasteiger partial charge in [0.2, 0.25) is 11.6 Å². The fraction of sp³-hybridized carbons (Fsp3) is 0.579. The van der Waals surface area contributed by atoms with Crippen molar-refractivity contribution in [3.05, 3.63) is 29.8 Å². The summed E-state index contributed by atoms with van der Waals surface area (Å²) in [5.74, 6) is -0.630. The first-order valence-electron chi connectivity index (χ1n) is 8.51. The maximum Gasteiger partial charge on any atom is 0.343 e. The minimum atomic E-state index is -2.35. The first kappa shape index (κ1) is 19.2. The average molecular weight is 351 g/mol. The number of likely N-dealkylation sites (tertiary alicyclic amines) is 1. The van der Waals surface area contributed by atoms with Crippen LogP contribution in [0.5, 0.6) is 5.75 Å². The standard InChI is InChI=1S/C19H26FNO4/c1-13(2)11-25-15-7-5-14(6-8-15)18(3,4)16(22)21-10-9-19(20,12-21)17(23)24/h5-8,13H,9-12H2,1-4H3,(H,23,24). The van der Waals surface area contributed by atoms with Gasteiger partial charge >= 0.3 is 5.97 Å². The number of ether oxygens (including phenoxy) is 1. The van der Waals surface area contributed by atoms with Crippen LogP contribution < -0.4 is 4.74 Å². The Kier molecular flexibility index (Phi) is 5.40. The van der Waals surface area contributed by atoms with Gasteiger partial charge in [-0.3, -0.25) is 4.79 Å². The maximum atomic E-state index is 14.2. The molecule has 1 N–H and O–H groups in total. The average Bonchev–Trinajstić information content (AvgIpc) is 2.96. The van der Waals surface area contributed by atoms with Crippen molar-refractivity contribution in [1.29, 1.82) is 0 Å². The highest BCUT2D eigenvalue weighted by Gasteiger charge is 2.49. The highest BCUT2D eigenvalue weighted by atomic mass is 19.1. The SMILES string of the molecule is CC(C)COc1ccc(C(C)(C)C(=O)N2CCC(F)(C(=O)O)C2)cc1. The van der Waals surface area contributed by atoms with Crippen molar-refractivity contribution in [2.45, 2.75) is 45.2 Å². The molecule has 1 atom stereocenters. The number of aliphatic carboxylic acids is 1. The summed E-state index contributed by atoms with van der Waals surface area (Å²) < 4.78 is 19.9. The van der Waals surface area contributed by atoms with E-state index in [1.165, 1.54) is 4.90 Å². The van der Waals surface area contributed by atoms with Crippen molar-refractivity contribution in [2.24, 2.45) is 5.92 Å². The maximum absolute atomic E-state index is 14.2. The van der Waals surface area contributed by atoms with Gasteiger partial charge in [-0.15, -0.1) is 0 Å². The third kappa shape index (κ3) is 4.11. The van der Waals surface area contributed by atoms with Gasteiger partial charge in [-0.05, 0) is 37.5 Å². The van der Waals surface area contributed by atoms with E-state index in [9.17, 15) is 14.0 Å². The Bertz CT molecular complexity index is 641. The lowest BCUT2D eigenvalue weighted by Gasteiger charge is -2.30. The number of carboxylic acid groups (broad SMARTS) is 1. The molecule has 1 unspecified atom stereocenters. The van der Waals surface area contributed by atoms with Crippen LogP contribution in [0.3, 0.4) is 0 Å². The second-order valence-electron chi connectivity index (χ2n) is 7.60. The Hall–Kier alpha value is -2.11. The fourth-order valence-electron chi connectivity index (χ4n) is 2.87. The van der Waals surface area contributed by atoms with Crippen LogP contribution in [0.1, 0.15) is 39.7 Å². The molecular weight excluding hydrogens is 325 g/mol. The number of amides is 1. The lowest BCUT2D eigenvalue weighted by atomic mass is 9.83. The van der Waals surface area contributed by atoms with Gasteiger partial charge in [-0.1, -0.05) is 26.0 Å². The predicted octanol–water partition coefficient (Wildman–Crippen LogP) is 3.02. The third-order valence-electron chi connectivity index (χ3n) is 4.58. The molecule has 5 nitrogen and oxygen atoms in total. The molecule has 0 bridgehead atoms. The zero-order valence-corrected chi connectivity index (χ0v) is 15.2. The highest BCUT2D eigenvalue weighted by molar-refractivity contribution is 5.89. The minimum Gasteiger partial charge on any atom is -0.493 e. The van der Waals surface area contributed by atoms with Gasteiger partial charge in [0.1, 0.15) is 5.75 Å². The number of carboxylic acids is 1. The number of carbonyl (C=O) groups excluding carboxylic acids is 1. The van der Waals surface area contributed by atoms with Crippen LogP contribution >= 0.6 is 0 Å². The largest absolute Gasteiger partial charge is 0.493 e. The molecule has 0 aliphatic carbocycles. The van der Waals surface area contributed by atoms with Crippen molar-refractivity contribution < 1.29 is 23.8 Å². The van der Waals surface area contributed by atoms with Gasteiger partial charge in [-0.25, -0.2) is 9.18 Å². The first-order chi connectivity index (χ1) is 11.6. The van der Waals surface area contributed by atoms with Crippen LogP contribution in [0.4, 0.5) is 4.39 Å². The van der Waals surface area contributed by atoms with Crippen molar-refractivity contribution in [1.82, 2.24) is 4.90 Å². The minimum absolute atomic E-state index is 0.112. The van der Waals surface area contributed by atoms with E-state index in [1.54, 1.807) is 13.8 Å². The molecule has 1 aromatic carbocycles. The monoisotopic (exact) mass is 351 g/mol. The topological polar surface area (TPSA) is 66.8 Å². The molecule has 0 aromatic heterocycles. The van der Waals surface area contributed by atoms with E-state index in [1.807, 2.05) is 24.3 Å². The molecule has 6 heteroatoms. The normalized spacial score (nSPS) is 20.8. The summed E-state index contributed by atoms with van der Waals surface area (Å²) in [6.45, 7) is 7.98. The van der Waals surface area contributed by atoms with Crippen LogP contribution in [0, 0.1) is 5.92 Å². The van der Waals surface area contributed by atoms with E-state index < -0.39 is 23.6 Å². The molecule has 25 heavy (non-hydrogen) atoms.